The Bertz CT molecular complexity index is 474. The van der Waals surface area contributed by atoms with Crippen LogP contribution in [-0.4, -0.2) is 48.3 Å². The molecule has 1 aliphatic heterocycles. The van der Waals surface area contributed by atoms with Crippen molar-refractivity contribution in [2.75, 3.05) is 32.7 Å². The molecule has 0 bridgehead atoms. The van der Waals surface area contributed by atoms with Crippen LogP contribution in [0.15, 0.2) is 24.3 Å². The van der Waals surface area contributed by atoms with Crippen LogP contribution in [0.2, 0.25) is 0 Å². The van der Waals surface area contributed by atoms with Gasteiger partial charge in [-0.05, 0) is 30.5 Å². The third-order valence-electron chi connectivity index (χ3n) is 5.29. The van der Waals surface area contributed by atoms with Gasteiger partial charge >= 0.3 is 0 Å². The monoisotopic (exact) mass is 378 g/mol. The van der Waals surface area contributed by atoms with E-state index in [4.69, 9.17) is 0 Å². The van der Waals surface area contributed by atoms with E-state index in [-0.39, 0.29) is 36.5 Å². The average Bonchev–Trinajstić information content (AvgIpc) is 2.55. The van der Waals surface area contributed by atoms with Crippen LogP contribution in [0.1, 0.15) is 43.6 Å². The van der Waals surface area contributed by atoms with E-state index in [2.05, 4.69) is 10.2 Å². The summed E-state index contributed by atoms with van der Waals surface area (Å²) in [4.78, 5) is 2.43. The van der Waals surface area contributed by atoms with Gasteiger partial charge in [-0.25, -0.2) is 4.39 Å². The largest absolute Gasteiger partial charge is 0.389 e. The topological polar surface area (TPSA) is 35.5 Å². The second-order valence-corrected chi connectivity index (χ2v) is 6.82. The number of rotatable bonds is 4. The Morgan fingerprint density at radius 1 is 1.04 bits per heavy atom. The molecule has 1 aliphatic carbocycles. The van der Waals surface area contributed by atoms with Gasteiger partial charge in [0.2, 0.25) is 0 Å². The van der Waals surface area contributed by atoms with Gasteiger partial charge in [0.25, 0.3) is 0 Å². The highest BCUT2D eigenvalue weighted by Gasteiger charge is 2.39. The first-order valence-electron chi connectivity index (χ1n) is 8.58. The first kappa shape index (κ1) is 21.7. The van der Waals surface area contributed by atoms with Gasteiger partial charge in [-0.3, -0.25) is 0 Å². The third kappa shape index (κ3) is 5.30. The fraction of sp³-hybridized carbons (Fsp3) is 0.667. The highest BCUT2D eigenvalue weighted by molar-refractivity contribution is 5.85. The van der Waals surface area contributed by atoms with Crippen molar-refractivity contribution >= 4 is 24.8 Å². The first-order chi connectivity index (χ1) is 10.7. The minimum Gasteiger partial charge on any atom is -0.389 e. The molecule has 1 saturated heterocycles. The summed E-state index contributed by atoms with van der Waals surface area (Å²) in [7, 11) is 0. The van der Waals surface area contributed by atoms with Crippen molar-refractivity contribution in [2.45, 2.75) is 43.6 Å². The Labute approximate surface area is 156 Å². The molecule has 1 aromatic rings. The predicted octanol–water partition coefficient (Wildman–Crippen LogP) is 3.35. The zero-order valence-electron chi connectivity index (χ0n) is 14.0. The molecule has 1 heterocycles. The smallest absolute Gasteiger partial charge is 0.123 e. The van der Waals surface area contributed by atoms with Crippen molar-refractivity contribution in [1.29, 1.82) is 0 Å². The number of aliphatic hydroxyl groups is 1. The number of hydrogen-bond acceptors (Lipinski definition) is 3. The molecule has 1 aromatic carbocycles. The third-order valence-corrected chi connectivity index (χ3v) is 5.29. The van der Waals surface area contributed by atoms with Gasteiger partial charge in [-0.1, -0.05) is 31.4 Å². The van der Waals surface area contributed by atoms with Gasteiger partial charge in [-0.15, -0.1) is 24.8 Å². The molecule has 24 heavy (non-hydrogen) atoms. The summed E-state index contributed by atoms with van der Waals surface area (Å²) in [5, 5.41) is 14.6. The van der Waals surface area contributed by atoms with Gasteiger partial charge in [-0.2, -0.15) is 0 Å². The fourth-order valence-corrected chi connectivity index (χ4v) is 3.95. The van der Waals surface area contributed by atoms with Crippen molar-refractivity contribution in [3.8, 4) is 0 Å². The molecule has 1 unspecified atom stereocenters. The van der Waals surface area contributed by atoms with Crippen LogP contribution in [0, 0.1) is 5.82 Å². The van der Waals surface area contributed by atoms with E-state index < -0.39 is 5.60 Å². The maximum absolute atomic E-state index is 13.3. The van der Waals surface area contributed by atoms with Gasteiger partial charge in [0.1, 0.15) is 5.82 Å². The first-order valence-corrected chi connectivity index (χ1v) is 8.58. The van der Waals surface area contributed by atoms with Crippen LogP contribution >= 0.6 is 24.8 Å². The molecule has 3 rings (SSSR count). The van der Waals surface area contributed by atoms with E-state index in [0.717, 1.165) is 64.0 Å². The number of benzene rings is 1. The highest BCUT2D eigenvalue weighted by Crippen LogP contribution is 2.40. The molecule has 0 spiro atoms. The normalized spacial score (nSPS) is 22.1. The van der Waals surface area contributed by atoms with Crippen LogP contribution in [0.5, 0.6) is 0 Å². The predicted molar refractivity (Wildman–Crippen MR) is 101 cm³/mol. The molecule has 6 heteroatoms. The molecule has 0 radical (unpaired) electrons. The Kier molecular flexibility index (Phi) is 8.96. The van der Waals surface area contributed by atoms with Crippen molar-refractivity contribution in [1.82, 2.24) is 10.2 Å². The Hall–Kier alpha value is -0.390. The Morgan fingerprint density at radius 3 is 2.21 bits per heavy atom. The molecule has 3 nitrogen and oxygen atoms in total. The summed E-state index contributed by atoms with van der Waals surface area (Å²) in [5.74, 6) is -0.133. The number of nitrogens with zero attached hydrogens (tertiary/aromatic N) is 1. The molecule has 0 amide bonds. The molecule has 138 valence electrons. The maximum atomic E-state index is 13.3. The molecular formula is C18H29Cl2FN2O. The number of nitrogens with one attached hydrogen (secondary N) is 1. The van der Waals surface area contributed by atoms with Gasteiger partial charge in [0.05, 0.1) is 5.60 Å². The minimum absolute atomic E-state index is 0. The summed E-state index contributed by atoms with van der Waals surface area (Å²) >= 11 is 0. The van der Waals surface area contributed by atoms with Gasteiger partial charge in [0, 0.05) is 38.6 Å². The lowest BCUT2D eigenvalue weighted by molar-refractivity contribution is -0.0316. The fourth-order valence-electron chi connectivity index (χ4n) is 3.95. The number of hydrogen-bond donors (Lipinski definition) is 2. The second-order valence-electron chi connectivity index (χ2n) is 6.82. The van der Waals surface area contributed by atoms with Crippen LogP contribution in [0.25, 0.3) is 0 Å². The quantitative estimate of drug-likeness (QED) is 0.842. The van der Waals surface area contributed by atoms with Crippen LogP contribution in [-0.2, 0) is 0 Å². The number of halogens is 3. The van der Waals surface area contributed by atoms with E-state index in [1.54, 1.807) is 0 Å². The molecule has 2 fully saturated rings. The summed E-state index contributed by atoms with van der Waals surface area (Å²) in [6, 6.07) is 6.75. The van der Waals surface area contributed by atoms with E-state index >= 15 is 0 Å². The van der Waals surface area contributed by atoms with Crippen LogP contribution < -0.4 is 5.32 Å². The average molecular weight is 379 g/mol. The van der Waals surface area contributed by atoms with Crippen molar-refractivity contribution in [2.24, 2.45) is 0 Å². The summed E-state index contributed by atoms with van der Waals surface area (Å²) in [6.07, 6.45) is 5.12. The maximum Gasteiger partial charge on any atom is 0.123 e. The summed E-state index contributed by atoms with van der Waals surface area (Å²) < 4.78 is 13.3. The van der Waals surface area contributed by atoms with E-state index in [9.17, 15) is 9.50 Å². The molecule has 2 N–H and O–H groups in total. The lowest BCUT2D eigenvalue weighted by Crippen LogP contribution is -2.49. The van der Waals surface area contributed by atoms with Crippen LogP contribution in [0.3, 0.4) is 0 Å². The zero-order valence-corrected chi connectivity index (χ0v) is 15.7. The molecule has 1 saturated carbocycles. The van der Waals surface area contributed by atoms with Crippen molar-refractivity contribution in [3.63, 3.8) is 0 Å². The second kappa shape index (κ2) is 9.93. The van der Waals surface area contributed by atoms with E-state index in [1.807, 2.05) is 12.1 Å². The number of piperazine rings is 1. The summed E-state index contributed by atoms with van der Waals surface area (Å²) in [6.45, 7) is 4.93. The van der Waals surface area contributed by atoms with E-state index in [1.165, 1.54) is 18.6 Å². The van der Waals surface area contributed by atoms with Crippen molar-refractivity contribution < 1.29 is 9.50 Å². The van der Waals surface area contributed by atoms with Crippen molar-refractivity contribution in [3.05, 3.63) is 35.6 Å². The molecule has 1 atom stereocenters. The van der Waals surface area contributed by atoms with Gasteiger partial charge in [0.15, 0.2) is 0 Å². The molecule has 2 aliphatic rings. The van der Waals surface area contributed by atoms with Crippen LogP contribution in [0.4, 0.5) is 4.39 Å². The van der Waals surface area contributed by atoms with Gasteiger partial charge < -0.3 is 15.3 Å². The lowest BCUT2D eigenvalue weighted by atomic mass is 9.72. The minimum atomic E-state index is -0.638. The zero-order chi connectivity index (χ0) is 15.4. The molecular weight excluding hydrogens is 350 g/mol. The highest BCUT2D eigenvalue weighted by atomic mass is 35.5. The van der Waals surface area contributed by atoms with E-state index in [0.29, 0.717) is 0 Å². The SMILES string of the molecule is Cl.Cl.OC1(C(CN2CCNCC2)c2ccc(F)cc2)CCCCC1. The Balaban J connectivity index is 0.00000144. The summed E-state index contributed by atoms with van der Waals surface area (Å²) in [5.41, 5.74) is 0.436. The molecule has 0 aromatic heterocycles. The Morgan fingerprint density at radius 2 is 1.62 bits per heavy atom. The lowest BCUT2D eigenvalue weighted by Gasteiger charge is -2.42. The standard InChI is InChI=1S/C18H27FN2O.2ClH/c19-16-6-4-15(5-7-16)17(14-21-12-10-20-11-13-21)18(22)8-2-1-3-9-18;;/h4-7,17,20,22H,1-3,8-14H2;2*1H.